The van der Waals surface area contributed by atoms with Crippen molar-refractivity contribution < 1.29 is 9.59 Å². The number of carbonyl (C=O) groups excluding carboxylic acids is 2. The lowest BCUT2D eigenvalue weighted by molar-refractivity contribution is -0.115. The van der Waals surface area contributed by atoms with Gasteiger partial charge >= 0.3 is 6.03 Å². The highest BCUT2D eigenvalue weighted by Gasteiger charge is 2.09. The van der Waals surface area contributed by atoms with Gasteiger partial charge in [0.2, 0.25) is 5.91 Å². The van der Waals surface area contributed by atoms with Gasteiger partial charge in [0.15, 0.2) is 5.13 Å². The van der Waals surface area contributed by atoms with E-state index in [2.05, 4.69) is 20.9 Å². The maximum atomic E-state index is 12.2. The molecule has 134 valence electrons. The number of hydrogen-bond acceptors (Lipinski definition) is 4. The Morgan fingerprint density at radius 1 is 1.08 bits per heavy atom. The van der Waals surface area contributed by atoms with Crippen molar-refractivity contribution in [1.82, 2.24) is 4.98 Å². The molecule has 2 aromatic carbocycles. The Balaban J connectivity index is 1.70. The normalized spacial score (nSPS) is 10.6. The number of fused-ring (bicyclic) bond motifs is 1. The van der Waals surface area contributed by atoms with Crippen LogP contribution >= 0.6 is 22.9 Å². The molecule has 26 heavy (non-hydrogen) atoms. The van der Waals surface area contributed by atoms with Crippen LogP contribution in [0.4, 0.5) is 21.3 Å². The van der Waals surface area contributed by atoms with Gasteiger partial charge in [0.05, 0.1) is 10.2 Å². The van der Waals surface area contributed by atoms with Crippen LogP contribution in [0.2, 0.25) is 5.02 Å². The molecule has 0 atom stereocenters. The highest BCUT2D eigenvalue weighted by atomic mass is 35.5. The van der Waals surface area contributed by atoms with Crippen LogP contribution in [-0.4, -0.2) is 16.9 Å². The summed E-state index contributed by atoms with van der Waals surface area (Å²) in [6, 6.07) is 10.3. The van der Waals surface area contributed by atoms with Gasteiger partial charge < -0.3 is 16.0 Å². The summed E-state index contributed by atoms with van der Waals surface area (Å²) in [5, 5.41) is 9.40. The number of benzene rings is 2. The van der Waals surface area contributed by atoms with Gasteiger partial charge in [0, 0.05) is 22.8 Å². The number of hydrogen-bond donors (Lipinski definition) is 3. The zero-order valence-electron chi connectivity index (χ0n) is 14.2. The molecule has 0 saturated heterocycles. The Bertz CT molecular complexity index is 986. The predicted octanol–water partition coefficient (Wildman–Crippen LogP) is 5.25. The average Bonchev–Trinajstić information content (AvgIpc) is 2.99. The first kappa shape index (κ1) is 18.2. The summed E-state index contributed by atoms with van der Waals surface area (Å²) < 4.78 is 0.868. The SMILES string of the molecule is CCC(=O)Nc1nc2ccc(NC(=O)Nc3ccc(C)c(Cl)c3)cc2s1. The van der Waals surface area contributed by atoms with E-state index < -0.39 is 0 Å². The van der Waals surface area contributed by atoms with Crippen LogP contribution in [-0.2, 0) is 4.79 Å². The third kappa shape index (κ3) is 4.30. The average molecular weight is 389 g/mol. The summed E-state index contributed by atoms with van der Waals surface area (Å²) in [6.07, 6.45) is 0.395. The third-order valence-corrected chi connectivity index (χ3v) is 4.98. The molecule has 6 nitrogen and oxygen atoms in total. The first-order chi connectivity index (χ1) is 12.4. The van der Waals surface area contributed by atoms with Crippen LogP contribution in [0.25, 0.3) is 10.2 Å². The molecule has 3 rings (SSSR count). The van der Waals surface area contributed by atoms with Crippen molar-refractivity contribution in [2.45, 2.75) is 20.3 Å². The first-order valence-corrected chi connectivity index (χ1v) is 9.18. The summed E-state index contributed by atoms with van der Waals surface area (Å²) in [5.41, 5.74) is 2.95. The molecule has 3 N–H and O–H groups in total. The number of aryl methyl sites for hydroxylation is 1. The zero-order chi connectivity index (χ0) is 18.7. The molecule has 1 heterocycles. The smallest absolute Gasteiger partial charge is 0.308 e. The number of urea groups is 1. The van der Waals surface area contributed by atoms with E-state index in [-0.39, 0.29) is 11.9 Å². The molecule has 3 aromatic rings. The lowest BCUT2D eigenvalue weighted by Crippen LogP contribution is -2.19. The largest absolute Gasteiger partial charge is 0.323 e. The maximum Gasteiger partial charge on any atom is 0.323 e. The van der Waals surface area contributed by atoms with E-state index in [0.29, 0.717) is 27.9 Å². The number of amides is 3. The zero-order valence-corrected chi connectivity index (χ0v) is 15.8. The van der Waals surface area contributed by atoms with E-state index >= 15 is 0 Å². The molecular weight excluding hydrogens is 372 g/mol. The number of nitrogens with one attached hydrogen (secondary N) is 3. The van der Waals surface area contributed by atoms with Gasteiger partial charge in [0.1, 0.15) is 0 Å². The predicted molar refractivity (Wildman–Crippen MR) is 107 cm³/mol. The summed E-state index contributed by atoms with van der Waals surface area (Å²) in [5.74, 6) is -0.0847. The number of aromatic nitrogens is 1. The van der Waals surface area contributed by atoms with Crippen LogP contribution < -0.4 is 16.0 Å². The van der Waals surface area contributed by atoms with Gasteiger partial charge in [-0.15, -0.1) is 0 Å². The van der Waals surface area contributed by atoms with E-state index in [1.807, 2.05) is 19.1 Å². The fraction of sp³-hybridized carbons (Fsp3) is 0.167. The van der Waals surface area contributed by atoms with Crippen molar-refractivity contribution in [3.05, 3.63) is 47.0 Å². The van der Waals surface area contributed by atoms with E-state index in [4.69, 9.17) is 11.6 Å². The van der Waals surface area contributed by atoms with Crippen LogP contribution in [0.3, 0.4) is 0 Å². The van der Waals surface area contributed by atoms with Gasteiger partial charge in [-0.05, 0) is 42.8 Å². The Labute approximate surface area is 159 Å². The summed E-state index contributed by atoms with van der Waals surface area (Å²) in [7, 11) is 0. The van der Waals surface area contributed by atoms with Gasteiger partial charge in [-0.1, -0.05) is 35.9 Å². The second kappa shape index (κ2) is 7.72. The molecule has 0 unspecified atom stereocenters. The number of rotatable bonds is 4. The van der Waals surface area contributed by atoms with Crippen LogP contribution in [0.5, 0.6) is 0 Å². The van der Waals surface area contributed by atoms with Gasteiger partial charge in [-0.2, -0.15) is 0 Å². The molecule has 0 aliphatic carbocycles. The van der Waals surface area contributed by atoms with Crippen molar-refractivity contribution in [2.75, 3.05) is 16.0 Å². The maximum absolute atomic E-state index is 12.2. The van der Waals surface area contributed by atoms with Crippen molar-refractivity contribution in [3.63, 3.8) is 0 Å². The Hall–Kier alpha value is -2.64. The van der Waals surface area contributed by atoms with E-state index in [9.17, 15) is 9.59 Å². The molecule has 0 saturated carbocycles. The molecule has 0 fully saturated rings. The third-order valence-electron chi connectivity index (χ3n) is 3.64. The molecule has 3 amide bonds. The summed E-state index contributed by atoms with van der Waals surface area (Å²) in [4.78, 5) is 28.0. The van der Waals surface area contributed by atoms with Crippen molar-refractivity contribution in [3.8, 4) is 0 Å². The molecule has 8 heteroatoms. The first-order valence-electron chi connectivity index (χ1n) is 7.99. The highest BCUT2D eigenvalue weighted by molar-refractivity contribution is 7.22. The minimum atomic E-state index is -0.367. The van der Waals surface area contributed by atoms with Gasteiger partial charge in [-0.3, -0.25) is 4.79 Å². The fourth-order valence-corrected chi connectivity index (χ4v) is 3.33. The fourth-order valence-electron chi connectivity index (χ4n) is 2.23. The molecule has 0 aliphatic rings. The highest BCUT2D eigenvalue weighted by Crippen LogP contribution is 2.28. The lowest BCUT2D eigenvalue weighted by Gasteiger charge is -2.08. The Morgan fingerprint density at radius 3 is 2.46 bits per heavy atom. The number of anilines is 3. The minimum absolute atomic E-state index is 0.0847. The Morgan fingerprint density at radius 2 is 1.77 bits per heavy atom. The van der Waals surface area contributed by atoms with E-state index in [1.165, 1.54) is 11.3 Å². The molecule has 0 bridgehead atoms. The molecular formula is C18H17ClN4O2S. The number of halogens is 1. The van der Waals surface area contributed by atoms with E-state index in [1.54, 1.807) is 31.2 Å². The van der Waals surface area contributed by atoms with Crippen molar-refractivity contribution in [1.29, 1.82) is 0 Å². The monoisotopic (exact) mass is 388 g/mol. The van der Waals surface area contributed by atoms with Crippen molar-refractivity contribution >= 4 is 61.6 Å². The quantitative estimate of drug-likeness (QED) is 0.570. The minimum Gasteiger partial charge on any atom is -0.308 e. The standard InChI is InChI=1S/C18H17ClN4O2S/c1-3-16(24)23-18-22-14-7-6-12(9-15(14)26-18)21-17(25)20-11-5-4-10(2)13(19)8-11/h4-9H,3H2,1-2H3,(H2,20,21,25)(H,22,23,24). The lowest BCUT2D eigenvalue weighted by atomic mass is 10.2. The number of nitrogens with zero attached hydrogens (tertiary/aromatic N) is 1. The summed E-state index contributed by atoms with van der Waals surface area (Å²) in [6.45, 7) is 3.68. The topological polar surface area (TPSA) is 83.1 Å². The van der Waals surface area contributed by atoms with Crippen LogP contribution in [0.1, 0.15) is 18.9 Å². The summed E-state index contributed by atoms with van der Waals surface area (Å²) >= 11 is 7.42. The Kier molecular flexibility index (Phi) is 5.39. The second-order valence-electron chi connectivity index (χ2n) is 5.65. The number of thiazole rings is 1. The second-order valence-corrected chi connectivity index (χ2v) is 7.08. The molecule has 0 spiro atoms. The van der Waals surface area contributed by atoms with E-state index in [0.717, 1.165) is 15.8 Å². The van der Waals surface area contributed by atoms with Gasteiger partial charge in [0.25, 0.3) is 0 Å². The molecule has 1 aromatic heterocycles. The number of carbonyl (C=O) groups is 2. The molecule has 0 aliphatic heterocycles. The van der Waals surface area contributed by atoms with Crippen LogP contribution in [0, 0.1) is 6.92 Å². The van der Waals surface area contributed by atoms with Gasteiger partial charge in [-0.25, -0.2) is 9.78 Å². The molecule has 0 radical (unpaired) electrons. The van der Waals surface area contributed by atoms with Crippen LogP contribution in [0.15, 0.2) is 36.4 Å². The van der Waals surface area contributed by atoms with Crippen molar-refractivity contribution in [2.24, 2.45) is 0 Å².